The first kappa shape index (κ1) is 10.9. The van der Waals surface area contributed by atoms with E-state index in [4.69, 9.17) is 11.5 Å². The molecule has 0 aliphatic rings. The number of hydrogen-bond acceptors (Lipinski definition) is 2. The topological polar surface area (TPSA) is 86.2 Å². The molecule has 2 amide bonds. The van der Waals surface area contributed by atoms with Crippen LogP contribution in [-0.4, -0.2) is 11.8 Å². The summed E-state index contributed by atoms with van der Waals surface area (Å²) in [5, 5.41) is 0. The van der Waals surface area contributed by atoms with Crippen LogP contribution in [0.1, 0.15) is 32.6 Å². The molecule has 70 valence electrons. The molecule has 0 heterocycles. The van der Waals surface area contributed by atoms with Gasteiger partial charge in [-0.1, -0.05) is 6.92 Å². The van der Waals surface area contributed by atoms with Crippen molar-refractivity contribution in [2.24, 2.45) is 17.4 Å². The van der Waals surface area contributed by atoms with Gasteiger partial charge in [-0.2, -0.15) is 0 Å². The summed E-state index contributed by atoms with van der Waals surface area (Å²) in [7, 11) is 0. The summed E-state index contributed by atoms with van der Waals surface area (Å²) < 4.78 is 0. The second-order valence-electron chi connectivity index (χ2n) is 3.13. The third-order valence-electron chi connectivity index (χ3n) is 1.67. The SMILES string of the molecule is C[C@@H](CCCC(N)=O)CC(N)=O. The summed E-state index contributed by atoms with van der Waals surface area (Å²) in [5.41, 5.74) is 9.94. The van der Waals surface area contributed by atoms with E-state index in [1.807, 2.05) is 6.92 Å². The van der Waals surface area contributed by atoms with E-state index in [0.717, 1.165) is 12.8 Å². The van der Waals surface area contributed by atoms with Crippen LogP contribution in [0.25, 0.3) is 0 Å². The van der Waals surface area contributed by atoms with Crippen molar-refractivity contribution >= 4 is 11.8 Å². The zero-order chi connectivity index (χ0) is 9.56. The molecule has 0 aromatic carbocycles. The van der Waals surface area contributed by atoms with E-state index >= 15 is 0 Å². The van der Waals surface area contributed by atoms with E-state index in [2.05, 4.69) is 0 Å². The van der Waals surface area contributed by atoms with Gasteiger partial charge in [0.05, 0.1) is 0 Å². The highest BCUT2D eigenvalue weighted by molar-refractivity contribution is 5.74. The average Bonchev–Trinajstić information content (AvgIpc) is 1.84. The van der Waals surface area contributed by atoms with Gasteiger partial charge in [-0.25, -0.2) is 0 Å². The van der Waals surface area contributed by atoms with Crippen molar-refractivity contribution < 1.29 is 9.59 Å². The predicted molar refractivity (Wildman–Crippen MR) is 46.0 cm³/mol. The van der Waals surface area contributed by atoms with Crippen LogP contribution in [0.3, 0.4) is 0 Å². The molecule has 0 radical (unpaired) electrons. The molecular weight excluding hydrogens is 156 g/mol. The van der Waals surface area contributed by atoms with Crippen LogP contribution >= 0.6 is 0 Å². The number of carbonyl (C=O) groups excluding carboxylic acids is 2. The van der Waals surface area contributed by atoms with Gasteiger partial charge in [0.2, 0.25) is 11.8 Å². The van der Waals surface area contributed by atoms with Gasteiger partial charge >= 0.3 is 0 Å². The Hall–Kier alpha value is -1.06. The average molecular weight is 172 g/mol. The third-order valence-corrected chi connectivity index (χ3v) is 1.67. The van der Waals surface area contributed by atoms with Crippen LogP contribution in [0.4, 0.5) is 0 Å². The van der Waals surface area contributed by atoms with Gasteiger partial charge in [-0.15, -0.1) is 0 Å². The largest absolute Gasteiger partial charge is 0.370 e. The van der Waals surface area contributed by atoms with E-state index in [9.17, 15) is 9.59 Å². The Bertz CT molecular complexity index is 168. The number of hydrogen-bond donors (Lipinski definition) is 2. The molecular formula is C8H16N2O2. The van der Waals surface area contributed by atoms with E-state index in [1.165, 1.54) is 0 Å². The molecule has 0 bridgehead atoms. The Balaban J connectivity index is 3.37. The molecule has 0 saturated heterocycles. The molecule has 4 N–H and O–H groups in total. The normalized spacial score (nSPS) is 12.4. The molecule has 0 aromatic rings. The maximum Gasteiger partial charge on any atom is 0.217 e. The Morgan fingerprint density at radius 1 is 1.25 bits per heavy atom. The zero-order valence-corrected chi connectivity index (χ0v) is 7.38. The van der Waals surface area contributed by atoms with E-state index in [0.29, 0.717) is 12.8 Å². The van der Waals surface area contributed by atoms with Crippen molar-refractivity contribution in [2.45, 2.75) is 32.6 Å². The smallest absolute Gasteiger partial charge is 0.217 e. The fourth-order valence-electron chi connectivity index (χ4n) is 1.07. The molecule has 4 nitrogen and oxygen atoms in total. The Morgan fingerprint density at radius 3 is 2.25 bits per heavy atom. The highest BCUT2D eigenvalue weighted by Crippen LogP contribution is 2.10. The highest BCUT2D eigenvalue weighted by Gasteiger charge is 2.06. The Kier molecular flexibility index (Phi) is 5.08. The second-order valence-corrected chi connectivity index (χ2v) is 3.13. The van der Waals surface area contributed by atoms with Gasteiger partial charge in [-0.3, -0.25) is 9.59 Å². The van der Waals surface area contributed by atoms with Crippen LogP contribution < -0.4 is 11.5 Å². The number of amides is 2. The van der Waals surface area contributed by atoms with Crippen molar-refractivity contribution in [3.05, 3.63) is 0 Å². The summed E-state index contributed by atoms with van der Waals surface area (Å²) in [6.07, 6.45) is 2.34. The lowest BCUT2D eigenvalue weighted by Gasteiger charge is -2.06. The number of rotatable bonds is 6. The van der Waals surface area contributed by atoms with Gasteiger partial charge in [0, 0.05) is 12.8 Å². The maximum atomic E-state index is 10.4. The molecule has 0 aliphatic heterocycles. The minimum Gasteiger partial charge on any atom is -0.370 e. The molecule has 4 heteroatoms. The van der Waals surface area contributed by atoms with Gasteiger partial charge in [0.1, 0.15) is 0 Å². The van der Waals surface area contributed by atoms with Crippen molar-refractivity contribution in [3.8, 4) is 0 Å². The first-order valence-corrected chi connectivity index (χ1v) is 4.09. The molecule has 0 spiro atoms. The van der Waals surface area contributed by atoms with Crippen molar-refractivity contribution in [1.29, 1.82) is 0 Å². The first-order valence-electron chi connectivity index (χ1n) is 4.09. The Labute approximate surface area is 72.3 Å². The van der Waals surface area contributed by atoms with Gasteiger partial charge < -0.3 is 11.5 Å². The number of carbonyl (C=O) groups is 2. The van der Waals surface area contributed by atoms with Gasteiger partial charge in [-0.05, 0) is 18.8 Å². The van der Waals surface area contributed by atoms with E-state index in [-0.39, 0.29) is 17.7 Å². The summed E-state index contributed by atoms with van der Waals surface area (Å²) in [6, 6.07) is 0. The molecule has 12 heavy (non-hydrogen) atoms. The predicted octanol–water partition coefficient (Wildman–Crippen LogP) is 0.153. The number of nitrogens with two attached hydrogens (primary N) is 2. The summed E-state index contributed by atoms with van der Waals surface area (Å²) in [5.74, 6) is -0.329. The molecule has 0 aromatic heterocycles. The molecule has 0 unspecified atom stereocenters. The lowest BCUT2D eigenvalue weighted by Crippen LogP contribution is -2.15. The summed E-state index contributed by atoms with van der Waals surface area (Å²) >= 11 is 0. The monoisotopic (exact) mass is 172 g/mol. The first-order chi connectivity index (χ1) is 5.52. The minimum atomic E-state index is -0.290. The zero-order valence-electron chi connectivity index (χ0n) is 7.38. The number of primary amides is 2. The van der Waals surface area contributed by atoms with Crippen molar-refractivity contribution in [3.63, 3.8) is 0 Å². The van der Waals surface area contributed by atoms with Crippen molar-refractivity contribution in [1.82, 2.24) is 0 Å². The standard InChI is InChI=1S/C8H16N2O2/c1-6(5-8(10)12)3-2-4-7(9)11/h6H,2-5H2,1H3,(H2,9,11)(H2,10,12)/t6-/m0/s1. The van der Waals surface area contributed by atoms with E-state index < -0.39 is 0 Å². The quantitative estimate of drug-likeness (QED) is 0.597. The van der Waals surface area contributed by atoms with Crippen LogP contribution in [-0.2, 0) is 9.59 Å². The van der Waals surface area contributed by atoms with Crippen LogP contribution in [0.2, 0.25) is 0 Å². The lowest BCUT2D eigenvalue weighted by atomic mass is 10.0. The minimum absolute atomic E-state index is 0.252. The Morgan fingerprint density at radius 2 is 1.83 bits per heavy atom. The second kappa shape index (κ2) is 5.57. The molecule has 0 aliphatic carbocycles. The molecule has 0 fully saturated rings. The summed E-state index contributed by atoms with van der Waals surface area (Å²) in [4.78, 5) is 20.8. The van der Waals surface area contributed by atoms with Crippen LogP contribution in [0.15, 0.2) is 0 Å². The molecule has 1 atom stereocenters. The molecule has 0 rings (SSSR count). The van der Waals surface area contributed by atoms with Crippen LogP contribution in [0, 0.1) is 5.92 Å². The maximum absolute atomic E-state index is 10.4. The highest BCUT2D eigenvalue weighted by atomic mass is 16.1. The van der Waals surface area contributed by atoms with Crippen LogP contribution in [0.5, 0.6) is 0 Å². The van der Waals surface area contributed by atoms with Gasteiger partial charge in [0.15, 0.2) is 0 Å². The fourth-order valence-corrected chi connectivity index (χ4v) is 1.07. The van der Waals surface area contributed by atoms with E-state index in [1.54, 1.807) is 0 Å². The lowest BCUT2D eigenvalue weighted by molar-refractivity contribution is -0.118. The van der Waals surface area contributed by atoms with Gasteiger partial charge in [0.25, 0.3) is 0 Å². The van der Waals surface area contributed by atoms with Crippen molar-refractivity contribution in [2.75, 3.05) is 0 Å². The molecule has 0 saturated carbocycles. The third kappa shape index (κ3) is 7.05. The fraction of sp³-hybridized carbons (Fsp3) is 0.750. The summed E-state index contributed by atoms with van der Waals surface area (Å²) in [6.45, 7) is 1.94.